The van der Waals surface area contributed by atoms with Gasteiger partial charge in [-0.2, -0.15) is 0 Å². The number of hydrogen-bond donors (Lipinski definition) is 2. The number of carboxylic acids is 1. The lowest BCUT2D eigenvalue weighted by molar-refractivity contribution is -0.150. The predicted molar refractivity (Wildman–Crippen MR) is 143 cm³/mol. The number of aromatic nitrogens is 2. The van der Waals surface area contributed by atoms with E-state index in [9.17, 15) is 9.90 Å². The maximum Gasteiger partial charge on any atom is 0.325 e. The Kier molecular flexibility index (Phi) is 7.86. The van der Waals surface area contributed by atoms with Crippen LogP contribution in [-0.2, 0) is 22.4 Å². The van der Waals surface area contributed by atoms with E-state index in [4.69, 9.17) is 14.5 Å². The summed E-state index contributed by atoms with van der Waals surface area (Å²) in [6, 6.07) is 9.14. The molecule has 2 aliphatic heterocycles. The minimum Gasteiger partial charge on any atom is -0.496 e. The molecule has 1 saturated heterocycles. The molecule has 1 fully saturated rings. The van der Waals surface area contributed by atoms with Crippen LogP contribution in [0.1, 0.15) is 54.2 Å². The van der Waals surface area contributed by atoms with Crippen LogP contribution < -0.4 is 10.1 Å². The number of pyridine rings is 2. The molecule has 0 saturated carbocycles. The van der Waals surface area contributed by atoms with Crippen LogP contribution in [0.4, 0.5) is 5.82 Å². The van der Waals surface area contributed by atoms with Gasteiger partial charge in [-0.3, -0.25) is 14.7 Å². The number of hydrogen-bond acceptors (Lipinski definition) is 7. The highest BCUT2D eigenvalue weighted by Crippen LogP contribution is 2.33. The normalized spacial score (nSPS) is 16.6. The van der Waals surface area contributed by atoms with E-state index in [1.807, 2.05) is 36.1 Å². The Morgan fingerprint density at radius 2 is 2.08 bits per heavy atom. The number of likely N-dealkylation sites (tertiary alicyclic amines) is 1. The molecule has 8 heteroatoms. The van der Waals surface area contributed by atoms with Crippen LogP contribution in [0.15, 0.2) is 36.5 Å². The number of unbranched alkanes of at least 4 members (excludes halogenated alkanes) is 2. The van der Waals surface area contributed by atoms with Gasteiger partial charge in [0.05, 0.1) is 13.2 Å². The standard InChI is InChI=1S/C29H36N4O4/c1-19-22-9-6-10-24(23(22)12-14-30-19)27(29(34)35)33-17-21(18-33)37-15-5-3-4-8-20-16-26(36-2)25-11-7-13-31-28(25)32-20/h6,9-10,12,14,16,21,27H,3-5,7-8,11,13,15,17-18H2,1-2H3,(H,31,32)(H,34,35). The number of aryl methyl sites for hydroxylation is 2. The molecule has 3 aromatic rings. The molecule has 0 bridgehead atoms. The summed E-state index contributed by atoms with van der Waals surface area (Å²) < 4.78 is 11.6. The van der Waals surface area contributed by atoms with Gasteiger partial charge >= 0.3 is 5.97 Å². The molecule has 0 aliphatic carbocycles. The highest BCUT2D eigenvalue weighted by atomic mass is 16.5. The van der Waals surface area contributed by atoms with Gasteiger partial charge in [-0.1, -0.05) is 24.6 Å². The minimum atomic E-state index is -0.831. The van der Waals surface area contributed by atoms with Crippen molar-refractivity contribution in [2.45, 2.75) is 57.6 Å². The van der Waals surface area contributed by atoms with E-state index >= 15 is 0 Å². The maximum absolute atomic E-state index is 12.2. The van der Waals surface area contributed by atoms with Gasteiger partial charge < -0.3 is 19.9 Å². The molecular weight excluding hydrogens is 468 g/mol. The SMILES string of the molecule is COc1cc(CCCCCOC2CN(C(C(=O)O)c3cccc4c(C)nccc34)C2)nc2c1CCCN2. The second kappa shape index (κ2) is 11.4. The van der Waals surface area contributed by atoms with E-state index in [2.05, 4.69) is 16.4 Å². The number of methoxy groups -OCH3 is 1. The first-order valence-electron chi connectivity index (χ1n) is 13.3. The molecule has 1 unspecified atom stereocenters. The van der Waals surface area contributed by atoms with Gasteiger partial charge in [-0.25, -0.2) is 4.98 Å². The lowest BCUT2D eigenvalue weighted by Crippen LogP contribution is -2.55. The molecule has 8 nitrogen and oxygen atoms in total. The van der Waals surface area contributed by atoms with Crippen LogP contribution in [0, 0.1) is 6.92 Å². The van der Waals surface area contributed by atoms with Crippen molar-refractivity contribution in [2.75, 3.05) is 38.7 Å². The monoisotopic (exact) mass is 504 g/mol. The van der Waals surface area contributed by atoms with Crippen LogP contribution in [0.25, 0.3) is 10.8 Å². The fourth-order valence-corrected chi connectivity index (χ4v) is 5.49. The third-order valence-electron chi connectivity index (χ3n) is 7.49. The van der Waals surface area contributed by atoms with Crippen molar-refractivity contribution in [3.05, 3.63) is 59.0 Å². The third kappa shape index (κ3) is 5.55. The Labute approximate surface area is 218 Å². The van der Waals surface area contributed by atoms with Gasteiger partial charge in [0.25, 0.3) is 0 Å². The second-order valence-corrected chi connectivity index (χ2v) is 10.0. The molecule has 2 N–H and O–H groups in total. The van der Waals surface area contributed by atoms with E-state index in [1.54, 1.807) is 13.3 Å². The average molecular weight is 505 g/mol. The first kappa shape index (κ1) is 25.4. The van der Waals surface area contributed by atoms with Gasteiger partial charge in [0.15, 0.2) is 0 Å². The largest absolute Gasteiger partial charge is 0.496 e. The van der Waals surface area contributed by atoms with Crippen molar-refractivity contribution in [3.8, 4) is 5.75 Å². The summed E-state index contributed by atoms with van der Waals surface area (Å²) in [6.07, 6.45) is 7.96. The first-order valence-corrected chi connectivity index (χ1v) is 13.3. The molecule has 4 heterocycles. The van der Waals surface area contributed by atoms with Crippen LogP contribution in [-0.4, -0.2) is 65.4 Å². The average Bonchev–Trinajstić information content (AvgIpc) is 2.88. The summed E-state index contributed by atoms with van der Waals surface area (Å²) in [5.74, 6) is 1.09. The number of fused-ring (bicyclic) bond motifs is 2. The minimum absolute atomic E-state index is 0.0814. The molecule has 0 spiro atoms. The number of ether oxygens (including phenoxy) is 2. The van der Waals surface area contributed by atoms with E-state index < -0.39 is 12.0 Å². The van der Waals surface area contributed by atoms with Crippen LogP contribution >= 0.6 is 0 Å². The summed E-state index contributed by atoms with van der Waals surface area (Å²) in [7, 11) is 1.73. The first-order chi connectivity index (χ1) is 18.0. The Bertz CT molecular complexity index is 1240. The fourth-order valence-electron chi connectivity index (χ4n) is 5.49. The van der Waals surface area contributed by atoms with Crippen molar-refractivity contribution < 1.29 is 19.4 Å². The number of benzene rings is 1. The Morgan fingerprint density at radius 1 is 1.22 bits per heavy atom. The van der Waals surface area contributed by atoms with E-state index in [1.165, 1.54) is 5.56 Å². The number of carbonyl (C=O) groups is 1. The van der Waals surface area contributed by atoms with Crippen LogP contribution in [0.5, 0.6) is 5.75 Å². The van der Waals surface area contributed by atoms with Crippen molar-refractivity contribution in [1.82, 2.24) is 14.9 Å². The molecule has 0 amide bonds. The number of aliphatic carboxylic acids is 1. The van der Waals surface area contributed by atoms with Gasteiger partial charge in [0, 0.05) is 60.8 Å². The molecular formula is C29H36N4O4. The van der Waals surface area contributed by atoms with Crippen molar-refractivity contribution in [3.63, 3.8) is 0 Å². The topological polar surface area (TPSA) is 96.8 Å². The zero-order chi connectivity index (χ0) is 25.8. The smallest absolute Gasteiger partial charge is 0.325 e. The van der Waals surface area contributed by atoms with Gasteiger partial charge in [0.2, 0.25) is 0 Å². The Hall–Kier alpha value is -3.23. The van der Waals surface area contributed by atoms with Crippen LogP contribution in [0.3, 0.4) is 0 Å². The fraction of sp³-hybridized carbons (Fsp3) is 0.483. The highest BCUT2D eigenvalue weighted by molar-refractivity contribution is 5.91. The number of rotatable bonds is 11. The maximum atomic E-state index is 12.2. The number of nitrogens with one attached hydrogen (secondary N) is 1. The number of carboxylic acid groups (broad SMARTS) is 1. The summed E-state index contributed by atoms with van der Waals surface area (Å²) in [4.78, 5) is 23.4. The Morgan fingerprint density at radius 3 is 2.89 bits per heavy atom. The van der Waals surface area contributed by atoms with E-state index in [0.29, 0.717) is 19.7 Å². The second-order valence-electron chi connectivity index (χ2n) is 10.0. The zero-order valence-electron chi connectivity index (χ0n) is 21.7. The van der Waals surface area contributed by atoms with Gasteiger partial charge in [0.1, 0.15) is 17.6 Å². The highest BCUT2D eigenvalue weighted by Gasteiger charge is 2.38. The number of nitrogens with zero attached hydrogens (tertiary/aromatic N) is 3. The Balaban J connectivity index is 1.07. The molecule has 196 valence electrons. The summed E-state index contributed by atoms with van der Waals surface area (Å²) in [6.45, 7) is 4.87. The summed E-state index contributed by atoms with van der Waals surface area (Å²) in [5.41, 5.74) is 3.99. The molecule has 2 aliphatic rings. The van der Waals surface area contributed by atoms with Crippen molar-refractivity contribution in [1.29, 1.82) is 0 Å². The van der Waals surface area contributed by atoms with Crippen molar-refractivity contribution >= 4 is 22.6 Å². The summed E-state index contributed by atoms with van der Waals surface area (Å²) in [5, 5.41) is 15.4. The lowest BCUT2D eigenvalue weighted by Gasteiger charge is -2.42. The quantitative estimate of drug-likeness (QED) is 0.367. The third-order valence-corrected chi connectivity index (χ3v) is 7.49. The van der Waals surface area contributed by atoms with E-state index in [-0.39, 0.29) is 6.10 Å². The predicted octanol–water partition coefficient (Wildman–Crippen LogP) is 4.54. The molecule has 0 radical (unpaired) electrons. The molecule has 1 aromatic carbocycles. The lowest BCUT2D eigenvalue weighted by atomic mass is 9.95. The number of anilines is 1. The van der Waals surface area contributed by atoms with Gasteiger partial charge in [-0.05, 0) is 56.0 Å². The molecule has 37 heavy (non-hydrogen) atoms. The summed E-state index contributed by atoms with van der Waals surface area (Å²) >= 11 is 0. The molecule has 1 atom stereocenters. The van der Waals surface area contributed by atoms with E-state index in [0.717, 1.165) is 84.4 Å². The van der Waals surface area contributed by atoms with Gasteiger partial charge in [-0.15, -0.1) is 0 Å². The zero-order valence-corrected chi connectivity index (χ0v) is 21.7. The van der Waals surface area contributed by atoms with Crippen molar-refractivity contribution in [2.24, 2.45) is 0 Å². The molecule has 5 rings (SSSR count). The molecule has 2 aromatic heterocycles. The van der Waals surface area contributed by atoms with Crippen LogP contribution in [0.2, 0.25) is 0 Å².